The lowest BCUT2D eigenvalue weighted by molar-refractivity contribution is 0.140. The molecule has 2 heterocycles. The molecular formula is C18H27N3O4. The molecule has 2 aliphatic rings. The van der Waals surface area contributed by atoms with Gasteiger partial charge in [0.25, 0.3) is 0 Å². The molecule has 1 fully saturated rings. The highest BCUT2D eigenvalue weighted by Gasteiger charge is 2.25. The summed E-state index contributed by atoms with van der Waals surface area (Å²) in [4.78, 5) is 14.9. The van der Waals surface area contributed by atoms with Crippen LogP contribution in [-0.2, 0) is 17.7 Å². The molecule has 2 aliphatic heterocycles. The van der Waals surface area contributed by atoms with Crippen molar-refractivity contribution in [1.82, 2.24) is 9.80 Å². The number of nitrogens with zero attached hydrogens (tertiary/aromatic N) is 2. The average Bonchev–Trinajstić information content (AvgIpc) is 3.07. The zero-order valence-corrected chi connectivity index (χ0v) is 15.0. The number of benzene rings is 1. The second kappa shape index (κ2) is 7.93. The van der Waals surface area contributed by atoms with Crippen molar-refractivity contribution in [3.63, 3.8) is 0 Å². The predicted octanol–water partition coefficient (Wildman–Crippen LogP) is 1.86. The van der Waals surface area contributed by atoms with Crippen LogP contribution in [0.3, 0.4) is 0 Å². The molecule has 0 spiro atoms. The molecule has 0 unspecified atom stereocenters. The summed E-state index contributed by atoms with van der Waals surface area (Å²) < 4.78 is 11.4. The van der Waals surface area contributed by atoms with Crippen LogP contribution in [0, 0.1) is 0 Å². The number of hydrogen-bond acceptors (Lipinski definition) is 5. The minimum atomic E-state index is -0.868. The minimum Gasteiger partial charge on any atom is -0.492 e. The fourth-order valence-electron chi connectivity index (χ4n) is 3.23. The molecule has 1 aromatic carbocycles. The summed E-state index contributed by atoms with van der Waals surface area (Å²) in [5.41, 5.74) is 3.19. The zero-order valence-electron chi connectivity index (χ0n) is 15.0. The third kappa shape index (κ3) is 4.55. The van der Waals surface area contributed by atoms with Gasteiger partial charge >= 0.3 is 6.09 Å². The Morgan fingerprint density at radius 2 is 2.32 bits per heavy atom. The Labute approximate surface area is 148 Å². The molecule has 0 bridgehead atoms. The van der Waals surface area contributed by atoms with Crippen molar-refractivity contribution < 1.29 is 19.4 Å². The van der Waals surface area contributed by atoms with Crippen molar-refractivity contribution >= 4 is 11.8 Å². The van der Waals surface area contributed by atoms with Crippen LogP contribution in [0.25, 0.3) is 0 Å². The van der Waals surface area contributed by atoms with E-state index in [9.17, 15) is 9.90 Å². The van der Waals surface area contributed by atoms with Crippen molar-refractivity contribution in [2.75, 3.05) is 52.3 Å². The molecule has 1 amide bonds. The van der Waals surface area contributed by atoms with Crippen LogP contribution in [0.1, 0.15) is 17.5 Å². The molecule has 0 aliphatic carbocycles. The van der Waals surface area contributed by atoms with Gasteiger partial charge in [-0.05, 0) is 44.1 Å². The summed E-state index contributed by atoms with van der Waals surface area (Å²) in [5, 5.41) is 12.9. The highest BCUT2D eigenvalue weighted by Crippen LogP contribution is 2.32. The molecule has 0 radical (unpaired) electrons. The molecule has 1 atom stereocenters. The summed E-state index contributed by atoms with van der Waals surface area (Å²) in [6, 6.07) is 4.32. The Bertz CT molecular complexity index is 615. The molecule has 7 nitrogen and oxygen atoms in total. The quantitative estimate of drug-likeness (QED) is 0.817. The van der Waals surface area contributed by atoms with Gasteiger partial charge in [0.2, 0.25) is 0 Å². The van der Waals surface area contributed by atoms with Gasteiger partial charge in [0, 0.05) is 31.5 Å². The average molecular weight is 349 g/mol. The van der Waals surface area contributed by atoms with E-state index in [2.05, 4.69) is 16.3 Å². The van der Waals surface area contributed by atoms with Gasteiger partial charge in [-0.2, -0.15) is 0 Å². The molecule has 7 heteroatoms. The minimum absolute atomic E-state index is 0.265. The van der Waals surface area contributed by atoms with Gasteiger partial charge in [-0.1, -0.05) is 0 Å². The van der Waals surface area contributed by atoms with Crippen LogP contribution >= 0.6 is 0 Å². The van der Waals surface area contributed by atoms with E-state index in [4.69, 9.17) is 9.47 Å². The van der Waals surface area contributed by atoms with Crippen LogP contribution in [0.4, 0.5) is 10.5 Å². The Balaban J connectivity index is 1.81. The van der Waals surface area contributed by atoms with Crippen LogP contribution in [0.2, 0.25) is 0 Å². The van der Waals surface area contributed by atoms with Crippen LogP contribution in [0.5, 0.6) is 5.75 Å². The molecular weight excluding hydrogens is 322 g/mol. The smallest absolute Gasteiger partial charge is 0.407 e. The van der Waals surface area contributed by atoms with E-state index >= 15 is 0 Å². The van der Waals surface area contributed by atoms with Gasteiger partial charge < -0.3 is 29.7 Å². The molecule has 138 valence electrons. The fourth-order valence-corrected chi connectivity index (χ4v) is 3.23. The summed E-state index contributed by atoms with van der Waals surface area (Å²) in [6.07, 6.45) is 0.804. The number of nitrogens with one attached hydrogen (secondary N) is 1. The Morgan fingerprint density at radius 3 is 3.00 bits per heavy atom. The van der Waals surface area contributed by atoms with E-state index in [-0.39, 0.29) is 6.04 Å². The number of likely N-dealkylation sites (N-methyl/N-ethyl adjacent to an activating group) is 1. The maximum atomic E-state index is 11.3. The second-order valence-electron chi connectivity index (χ2n) is 6.92. The Hall–Kier alpha value is -1.99. The van der Waals surface area contributed by atoms with Crippen molar-refractivity contribution in [2.45, 2.75) is 25.4 Å². The maximum Gasteiger partial charge on any atom is 0.407 e. The third-order valence-electron chi connectivity index (χ3n) is 4.68. The summed E-state index contributed by atoms with van der Waals surface area (Å²) in [7, 11) is 4.04. The van der Waals surface area contributed by atoms with Gasteiger partial charge in [-0.3, -0.25) is 0 Å². The van der Waals surface area contributed by atoms with Crippen LogP contribution < -0.4 is 10.1 Å². The van der Waals surface area contributed by atoms with E-state index in [1.54, 1.807) is 0 Å². The van der Waals surface area contributed by atoms with Gasteiger partial charge in [0.1, 0.15) is 12.4 Å². The molecule has 1 aromatic rings. The Kier molecular flexibility index (Phi) is 5.65. The number of fused-ring (bicyclic) bond motifs is 1. The van der Waals surface area contributed by atoms with E-state index in [1.165, 1.54) is 10.5 Å². The second-order valence-corrected chi connectivity index (χ2v) is 6.92. The van der Waals surface area contributed by atoms with Crippen LogP contribution in [-0.4, -0.2) is 74.0 Å². The van der Waals surface area contributed by atoms with Crippen molar-refractivity contribution in [3.05, 3.63) is 23.3 Å². The molecule has 2 N–H and O–H groups in total. The number of carboxylic acid groups (broad SMARTS) is 1. The maximum absolute atomic E-state index is 11.3. The zero-order chi connectivity index (χ0) is 17.8. The van der Waals surface area contributed by atoms with Gasteiger partial charge in [0.15, 0.2) is 0 Å². The molecule has 0 aromatic heterocycles. The number of carbonyl (C=O) groups is 1. The highest BCUT2D eigenvalue weighted by atomic mass is 16.5. The topological polar surface area (TPSA) is 74.3 Å². The lowest BCUT2D eigenvalue weighted by atomic mass is 9.97. The number of ether oxygens (including phenoxy) is 2. The number of hydrogen-bond donors (Lipinski definition) is 2. The largest absolute Gasteiger partial charge is 0.492 e. The molecule has 1 saturated heterocycles. The third-order valence-corrected chi connectivity index (χ3v) is 4.68. The number of rotatable bonds is 6. The lowest BCUT2D eigenvalue weighted by Crippen LogP contribution is -2.35. The van der Waals surface area contributed by atoms with Crippen LogP contribution in [0.15, 0.2) is 12.1 Å². The fraction of sp³-hybridized carbons (Fsp3) is 0.611. The van der Waals surface area contributed by atoms with E-state index in [0.29, 0.717) is 32.7 Å². The van der Waals surface area contributed by atoms with E-state index in [1.807, 2.05) is 20.2 Å². The highest BCUT2D eigenvalue weighted by molar-refractivity contribution is 5.68. The SMILES string of the molecule is CN(C)CCOc1cc2c(c(N[C@@H]3CCOC3)c1)CN(C(=O)O)CC2. The summed E-state index contributed by atoms with van der Waals surface area (Å²) >= 11 is 0. The first-order valence-electron chi connectivity index (χ1n) is 8.78. The van der Waals surface area contributed by atoms with Gasteiger partial charge in [0.05, 0.1) is 19.2 Å². The molecule has 25 heavy (non-hydrogen) atoms. The first-order chi connectivity index (χ1) is 12.0. The monoisotopic (exact) mass is 349 g/mol. The van der Waals surface area contributed by atoms with Gasteiger partial charge in [-0.15, -0.1) is 0 Å². The first-order valence-corrected chi connectivity index (χ1v) is 8.78. The van der Waals surface area contributed by atoms with E-state index < -0.39 is 6.09 Å². The van der Waals surface area contributed by atoms with Gasteiger partial charge in [-0.25, -0.2) is 4.79 Å². The van der Waals surface area contributed by atoms with E-state index in [0.717, 1.165) is 36.6 Å². The normalized spacial score (nSPS) is 19.8. The molecule has 0 saturated carbocycles. The lowest BCUT2D eigenvalue weighted by Gasteiger charge is -2.30. The Morgan fingerprint density at radius 1 is 1.48 bits per heavy atom. The van der Waals surface area contributed by atoms with Crippen molar-refractivity contribution in [2.24, 2.45) is 0 Å². The van der Waals surface area contributed by atoms with Crippen molar-refractivity contribution in [3.8, 4) is 5.75 Å². The molecule has 3 rings (SSSR count). The first kappa shape index (κ1) is 17.8. The van der Waals surface area contributed by atoms with Crippen molar-refractivity contribution in [1.29, 1.82) is 0 Å². The number of amides is 1. The summed E-state index contributed by atoms with van der Waals surface area (Å²) in [6.45, 7) is 3.86. The standard InChI is InChI=1S/C18H27N3O4/c1-20(2)6-8-25-15-9-13-3-5-21(18(22)23)11-16(13)17(10-15)19-14-4-7-24-12-14/h9-10,14,19H,3-8,11-12H2,1-2H3,(H,22,23)/t14-/m1/s1. The number of anilines is 1. The predicted molar refractivity (Wildman–Crippen MR) is 95.5 cm³/mol. The summed E-state index contributed by atoms with van der Waals surface area (Å²) in [5.74, 6) is 0.839.